The fourth-order valence-electron chi connectivity index (χ4n) is 5.63. The number of benzene rings is 2. The summed E-state index contributed by atoms with van der Waals surface area (Å²) in [6, 6.07) is 12.2. The molecule has 0 spiro atoms. The summed E-state index contributed by atoms with van der Waals surface area (Å²) in [6.45, 7) is 16.1. The molecule has 5 heteroatoms. The highest BCUT2D eigenvalue weighted by molar-refractivity contribution is 8.13. The monoisotopic (exact) mass is 554 g/mol. The zero-order valence-electron chi connectivity index (χ0n) is 25.4. The van der Waals surface area contributed by atoms with Crippen molar-refractivity contribution in [1.29, 1.82) is 0 Å². The van der Waals surface area contributed by atoms with E-state index in [2.05, 4.69) is 39.8 Å². The predicted molar refractivity (Wildman–Crippen MR) is 166 cm³/mol. The molecule has 0 N–H and O–H groups in total. The molecule has 0 saturated carbocycles. The molecule has 0 fully saturated rings. The second kappa shape index (κ2) is 17.6. The van der Waals surface area contributed by atoms with E-state index in [1.807, 2.05) is 38.1 Å². The van der Waals surface area contributed by atoms with E-state index in [0.29, 0.717) is 13.0 Å². The topological polar surface area (TPSA) is 43.4 Å². The van der Waals surface area contributed by atoms with Crippen molar-refractivity contribution in [3.63, 3.8) is 0 Å². The van der Waals surface area contributed by atoms with Crippen molar-refractivity contribution in [2.24, 2.45) is 0 Å². The summed E-state index contributed by atoms with van der Waals surface area (Å²) in [6.07, 6.45) is 10.8. The maximum atomic E-state index is 13.0. The molecule has 2 aromatic rings. The standard InChI is InChI=1S/C34H52NO3S/c1-7-23-35(24-8-2,26-31(36)38-33-27(3)18-16-19-28(33)4)25-15-13-11-9-10-12-14-22-32(37)39-34-29(5)20-17-21-30(34)6/h16-21H,7-15,22-26H2,1-6H3/q+1. The van der Waals surface area contributed by atoms with Gasteiger partial charge in [-0.3, -0.25) is 4.79 Å². The molecule has 0 unspecified atom stereocenters. The van der Waals surface area contributed by atoms with Crippen molar-refractivity contribution < 1.29 is 18.8 Å². The number of thioether (sulfide) groups is 1. The van der Waals surface area contributed by atoms with E-state index in [1.165, 1.54) is 48.6 Å². The largest absolute Gasteiger partial charge is 0.422 e. The molecule has 2 aromatic carbocycles. The molecule has 4 nitrogen and oxygen atoms in total. The number of para-hydroxylation sites is 1. The van der Waals surface area contributed by atoms with E-state index in [-0.39, 0.29) is 11.1 Å². The summed E-state index contributed by atoms with van der Waals surface area (Å²) in [5.74, 6) is 0.610. The van der Waals surface area contributed by atoms with Crippen molar-refractivity contribution in [2.75, 3.05) is 26.2 Å². The van der Waals surface area contributed by atoms with E-state index in [9.17, 15) is 9.59 Å². The molecule has 0 radical (unpaired) electrons. The first-order chi connectivity index (χ1) is 18.7. The van der Waals surface area contributed by atoms with Gasteiger partial charge in [0, 0.05) is 11.3 Å². The van der Waals surface area contributed by atoms with E-state index < -0.39 is 0 Å². The Kier molecular flexibility index (Phi) is 14.9. The Morgan fingerprint density at radius 3 is 1.72 bits per heavy atom. The molecule has 2 rings (SSSR count). The quantitative estimate of drug-likeness (QED) is 0.0607. The van der Waals surface area contributed by atoms with Gasteiger partial charge in [-0.1, -0.05) is 87.7 Å². The van der Waals surface area contributed by atoms with Gasteiger partial charge in [0.15, 0.2) is 11.7 Å². The normalized spacial score (nSPS) is 11.5. The number of quaternary nitrogens is 1. The first-order valence-electron chi connectivity index (χ1n) is 15.1. The van der Waals surface area contributed by atoms with Gasteiger partial charge in [-0.05, 0) is 82.1 Å². The lowest BCUT2D eigenvalue weighted by Gasteiger charge is -2.37. The molecular formula is C34H52NO3S+. The minimum atomic E-state index is -0.111. The maximum Gasteiger partial charge on any atom is 0.367 e. The van der Waals surface area contributed by atoms with Crippen LogP contribution in [0.5, 0.6) is 5.75 Å². The van der Waals surface area contributed by atoms with Crippen molar-refractivity contribution in [3.8, 4) is 5.75 Å². The van der Waals surface area contributed by atoms with Crippen molar-refractivity contribution in [2.45, 2.75) is 111 Å². The Bertz CT molecular complexity index is 1000. The molecule has 0 saturated heterocycles. The molecule has 39 heavy (non-hydrogen) atoms. The third-order valence-corrected chi connectivity index (χ3v) is 8.90. The number of esters is 1. The van der Waals surface area contributed by atoms with Crippen LogP contribution < -0.4 is 4.74 Å². The first-order valence-corrected chi connectivity index (χ1v) is 15.9. The highest BCUT2D eigenvalue weighted by Gasteiger charge is 2.30. The van der Waals surface area contributed by atoms with Gasteiger partial charge in [0.25, 0.3) is 0 Å². The summed E-state index contributed by atoms with van der Waals surface area (Å²) >= 11 is 1.41. The highest BCUT2D eigenvalue weighted by atomic mass is 32.2. The molecule has 0 amide bonds. The number of ether oxygens (including phenoxy) is 1. The van der Waals surface area contributed by atoms with E-state index in [1.54, 1.807) is 0 Å². The highest BCUT2D eigenvalue weighted by Crippen LogP contribution is 2.28. The van der Waals surface area contributed by atoms with Crippen LogP contribution in [0.1, 0.15) is 100 Å². The molecule has 0 bridgehead atoms. The summed E-state index contributed by atoms with van der Waals surface area (Å²) in [4.78, 5) is 26.6. The van der Waals surface area contributed by atoms with Gasteiger partial charge >= 0.3 is 5.97 Å². The van der Waals surface area contributed by atoms with Crippen LogP contribution in [0.3, 0.4) is 0 Å². The van der Waals surface area contributed by atoms with Crippen LogP contribution in [0, 0.1) is 27.7 Å². The van der Waals surface area contributed by atoms with Gasteiger partial charge in [-0.15, -0.1) is 0 Å². The Balaban J connectivity index is 1.70. The average molecular weight is 555 g/mol. The van der Waals surface area contributed by atoms with Gasteiger partial charge < -0.3 is 9.22 Å². The second-order valence-electron chi connectivity index (χ2n) is 11.3. The summed E-state index contributed by atoms with van der Waals surface area (Å²) in [5, 5.41) is 0.282. The molecule has 0 heterocycles. The number of aryl methyl sites for hydroxylation is 4. The van der Waals surface area contributed by atoms with Gasteiger partial charge in [0.1, 0.15) is 5.75 Å². The molecule has 0 aliphatic rings. The fraction of sp³-hybridized carbons (Fsp3) is 0.588. The summed E-state index contributed by atoms with van der Waals surface area (Å²) in [5.41, 5.74) is 4.40. The van der Waals surface area contributed by atoms with Crippen molar-refractivity contribution in [3.05, 3.63) is 58.7 Å². The molecular weight excluding hydrogens is 502 g/mol. The lowest BCUT2D eigenvalue weighted by Crippen LogP contribution is -2.53. The Morgan fingerprint density at radius 1 is 0.692 bits per heavy atom. The van der Waals surface area contributed by atoms with Crippen molar-refractivity contribution in [1.82, 2.24) is 0 Å². The number of carbonyl (C=O) groups excluding carboxylic acids is 2. The number of carbonyl (C=O) groups is 2. The SMILES string of the molecule is CCC[N+](CCC)(CCCCCCCCCC(=O)Sc1c(C)cccc1C)CC(=O)Oc1c(C)cccc1C. The number of hydrogen-bond acceptors (Lipinski definition) is 4. The molecule has 0 atom stereocenters. The zero-order chi connectivity index (χ0) is 28.7. The molecule has 216 valence electrons. The van der Waals surface area contributed by atoms with Crippen LogP contribution in [0.15, 0.2) is 41.3 Å². The number of hydrogen-bond donors (Lipinski definition) is 0. The fourth-order valence-corrected chi connectivity index (χ4v) is 6.56. The Morgan fingerprint density at radius 2 is 1.18 bits per heavy atom. The van der Waals surface area contributed by atoms with Crippen LogP contribution in [0.2, 0.25) is 0 Å². The van der Waals surface area contributed by atoms with E-state index >= 15 is 0 Å². The van der Waals surface area contributed by atoms with Crippen molar-refractivity contribution >= 4 is 22.8 Å². The second-order valence-corrected chi connectivity index (χ2v) is 12.4. The predicted octanol–water partition coefficient (Wildman–Crippen LogP) is 8.90. The van der Waals surface area contributed by atoms with E-state index in [0.717, 1.165) is 78.0 Å². The van der Waals surface area contributed by atoms with Crippen LogP contribution in [-0.4, -0.2) is 41.7 Å². The number of rotatable bonds is 18. The molecule has 0 aromatic heterocycles. The molecule has 0 aliphatic heterocycles. The van der Waals surface area contributed by atoms with Crippen LogP contribution >= 0.6 is 11.8 Å². The number of nitrogens with zero attached hydrogens (tertiary/aromatic N) is 1. The summed E-state index contributed by atoms with van der Waals surface area (Å²) < 4.78 is 6.72. The van der Waals surface area contributed by atoms with Crippen LogP contribution in [0.25, 0.3) is 0 Å². The lowest BCUT2D eigenvalue weighted by atomic mass is 10.1. The smallest absolute Gasteiger partial charge is 0.367 e. The maximum absolute atomic E-state index is 13.0. The zero-order valence-corrected chi connectivity index (χ0v) is 26.3. The van der Waals surface area contributed by atoms with Gasteiger partial charge in [-0.25, -0.2) is 4.79 Å². The first kappa shape index (κ1) is 33.1. The average Bonchev–Trinajstić information content (AvgIpc) is 2.88. The third-order valence-electron chi connectivity index (χ3n) is 7.62. The number of unbranched alkanes of at least 4 members (excludes halogenated alkanes) is 6. The van der Waals surface area contributed by atoms with Crippen LogP contribution in [-0.2, 0) is 9.59 Å². The van der Waals surface area contributed by atoms with Gasteiger partial charge in [0.2, 0.25) is 0 Å². The molecule has 0 aliphatic carbocycles. The van der Waals surface area contributed by atoms with E-state index in [4.69, 9.17) is 4.74 Å². The minimum absolute atomic E-state index is 0.111. The third kappa shape index (κ3) is 11.5. The minimum Gasteiger partial charge on any atom is -0.422 e. The lowest BCUT2D eigenvalue weighted by molar-refractivity contribution is -0.921. The Labute approximate surface area is 242 Å². The van der Waals surface area contributed by atoms with Gasteiger partial charge in [-0.2, -0.15) is 0 Å². The van der Waals surface area contributed by atoms with Gasteiger partial charge in [0.05, 0.1) is 19.6 Å². The van der Waals surface area contributed by atoms with Crippen LogP contribution in [0.4, 0.5) is 0 Å². The Hall–Kier alpha value is -2.11. The summed E-state index contributed by atoms with van der Waals surface area (Å²) in [7, 11) is 0.